The first kappa shape index (κ1) is 18.0. The smallest absolute Gasteiger partial charge is 0.266 e. The van der Waals surface area contributed by atoms with Gasteiger partial charge in [-0.2, -0.15) is 5.26 Å². The van der Waals surface area contributed by atoms with Gasteiger partial charge in [-0.15, -0.1) is 0 Å². The van der Waals surface area contributed by atoms with Crippen LogP contribution < -0.4 is 11.1 Å². The first-order valence-corrected chi connectivity index (χ1v) is 8.20. The fraction of sp³-hybridized carbons (Fsp3) is 0.444. The molecule has 1 fully saturated rings. The maximum atomic E-state index is 12.5. The van der Waals surface area contributed by atoms with Crippen molar-refractivity contribution in [2.45, 2.75) is 13.8 Å². The van der Waals surface area contributed by atoms with E-state index in [9.17, 15) is 10.1 Å². The molecule has 0 atom stereocenters. The zero-order chi connectivity index (χ0) is 17.5. The number of rotatable bonds is 5. The highest BCUT2D eigenvalue weighted by Crippen LogP contribution is 2.14. The van der Waals surface area contributed by atoms with E-state index in [1.54, 1.807) is 4.90 Å². The van der Waals surface area contributed by atoms with Crippen molar-refractivity contribution in [3.63, 3.8) is 0 Å². The SMILES string of the molecule is Cc1cc(C)cc(N/C=C(/C#N)C(=O)N2CCN(CCN)CC2)c1. The third kappa shape index (κ3) is 4.82. The van der Waals surface area contributed by atoms with Gasteiger partial charge < -0.3 is 16.0 Å². The number of nitrogens with one attached hydrogen (secondary N) is 1. The maximum Gasteiger partial charge on any atom is 0.266 e. The second kappa shape index (κ2) is 8.48. The molecule has 6 nitrogen and oxygen atoms in total. The summed E-state index contributed by atoms with van der Waals surface area (Å²) < 4.78 is 0. The van der Waals surface area contributed by atoms with Crippen LogP contribution in [0.2, 0.25) is 0 Å². The standard InChI is InChI=1S/C18H25N5O/c1-14-9-15(2)11-17(10-14)21-13-16(12-20)18(24)23-7-5-22(4-3-19)6-8-23/h9-11,13,21H,3-8,19H2,1-2H3/b16-13-. The maximum absolute atomic E-state index is 12.5. The molecule has 0 unspecified atom stereocenters. The van der Waals surface area contributed by atoms with Gasteiger partial charge in [0.25, 0.3) is 5.91 Å². The summed E-state index contributed by atoms with van der Waals surface area (Å²) >= 11 is 0. The van der Waals surface area contributed by atoms with Gasteiger partial charge in [0.1, 0.15) is 11.6 Å². The van der Waals surface area contributed by atoms with E-state index in [0.29, 0.717) is 19.6 Å². The number of hydrogen-bond acceptors (Lipinski definition) is 5. The molecule has 1 aliphatic heterocycles. The van der Waals surface area contributed by atoms with Crippen LogP contribution >= 0.6 is 0 Å². The molecule has 0 saturated carbocycles. The lowest BCUT2D eigenvalue weighted by molar-refractivity contribution is -0.128. The predicted octanol–water partition coefficient (Wildman–Crippen LogP) is 1.23. The number of nitriles is 1. The molecule has 3 N–H and O–H groups in total. The van der Waals surface area contributed by atoms with E-state index in [2.05, 4.69) is 16.3 Å². The number of hydrogen-bond donors (Lipinski definition) is 2. The van der Waals surface area contributed by atoms with Crippen molar-refractivity contribution in [3.8, 4) is 6.07 Å². The number of benzene rings is 1. The third-order valence-corrected chi connectivity index (χ3v) is 4.06. The molecule has 1 aliphatic rings. The lowest BCUT2D eigenvalue weighted by Crippen LogP contribution is -2.50. The van der Waals surface area contributed by atoms with Gasteiger partial charge in [-0.3, -0.25) is 9.69 Å². The molecule has 1 aromatic rings. The number of nitrogens with zero attached hydrogens (tertiary/aromatic N) is 3. The quantitative estimate of drug-likeness (QED) is 0.627. The topological polar surface area (TPSA) is 85.4 Å². The minimum atomic E-state index is -0.221. The van der Waals surface area contributed by atoms with Gasteiger partial charge in [0, 0.05) is 51.2 Å². The van der Waals surface area contributed by atoms with Gasteiger partial charge in [0.15, 0.2) is 0 Å². The summed E-state index contributed by atoms with van der Waals surface area (Å²) in [6.07, 6.45) is 1.50. The summed E-state index contributed by atoms with van der Waals surface area (Å²) in [5, 5.41) is 12.4. The van der Waals surface area contributed by atoms with Gasteiger partial charge in [-0.1, -0.05) is 6.07 Å². The van der Waals surface area contributed by atoms with E-state index < -0.39 is 0 Å². The van der Waals surface area contributed by atoms with Crippen LogP contribution in [0.15, 0.2) is 30.0 Å². The minimum Gasteiger partial charge on any atom is -0.360 e. The van der Waals surface area contributed by atoms with Gasteiger partial charge in [-0.05, 0) is 37.1 Å². The average Bonchev–Trinajstić information content (AvgIpc) is 2.55. The lowest BCUT2D eigenvalue weighted by Gasteiger charge is -2.34. The summed E-state index contributed by atoms with van der Waals surface area (Å²) in [7, 11) is 0. The molecule has 128 valence electrons. The van der Waals surface area contributed by atoms with Crippen LogP contribution in [0.3, 0.4) is 0 Å². The number of carbonyl (C=O) groups excluding carboxylic acids is 1. The number of nitrogens with two attached hydrogens (primary N) is 1. The van der Waals surface area contributed by atoms with Crippen molar-refractivity contribution in [2.24, 2.45) is 5.73 Å². The summed E-state index contributed by atoms with van der Waals surface area (Å²) in [6, 6.07) is 8.05. The second-order valence-electron chi connectivity index (χ2n) is 6.11. The van der Waals surface area contributed by atoms with Gasteiger partial charge in [0.05, 0.1) is 0 Å². The van der Waals surface area contributed by atoms with Gasteiger partial charge >= 0.3 is 0 Å². The number of amides is 1. The Morgan fingerprint density at radius 3 is 2.42 bits per heavy atom. The monoisotopic (exact) mass is 327 g/mol. The molecule has 0 radical (unpaired) electrons. The number of piperazine rings is 1. The fourth-order valence-corrected chi connectivity index (χ4v) is 2.88. The van der Waals surface area contributed by atoms with Crippen LogP contribution in [-0.2, 0) is 4.79 Å². The lowest BCUT2D eigenvalue weighted by atomic mass is 10.1. The first-order chi connectivity index (χ1) is 11.5. The Morgan fingerprint density at radius 1 is 1.25 bits per heavy atom. The molecule has 1 aromatic carbocycles. The Labute approximate surface area is 143 Å². The molecular weight excluding hydrogens is 302 g/mol. The zero-order valence-corrected chi connectivity index (χ0v) is 14.4. The fourth-order valence-electron chi connectivity index (χ4n) is 2.88. The van der Waals surface area contributed by atoms with E-state index in [1.165, 1.54) is 6.20 Å². The molecule has 1 saturated heterocycles. The number of carbonyl (C=O) groups is 1. The molecule has 2 rings (SSSR count). The molecule has 0 aliphatic carbocycles. The largest absolute Gasteiger partial charge is 0.360 e. The van der Waals surface area contributed by atoms with Gasteiger partial charge in [0.2, 0.25) is 0 Å². The van der Waals surface area contributed by atoms with Crippen molar-refractivity contribution in [1.29, 1.82) is 5.26 Å². The minimum absolute atomic E-state index is 0.126. The molecule has 24 heavy (non-hydrogen) atoms. The van der Waals surface area contributed by atoms with Crippen LogP contribution in [0.5, 0.6) is 0 Å². The highest BCUT2D eigenvalue weighted by atomic mass is 16.2. The zero-order valence-electron chi connectivity index (χ0n) is 14.4. The van der Waals surface area contributed by atoms with Crippen LogP contribution in [0, 0.1) is 25.2 Å². The van der Waals surface area contributed by atoms with E-state index in [4.69, 9.17) is 5.73 Å². The van der Waals surface area contributed by atoms with E-state index in [0.717, 1.165) is 36.4 Å². The van der Waals surface area contributed by atoms with Gasteiger partial charge in [-0.25, -0.2) is 0 Å². The Kier molecular flexibility index (Phi) is 6.36. The van der Waals surface area contributed by atoms with Crippen molar-refractivity contribution >= 4 is 11.6 Å². The second-order valence-corrected chi connectivity index (χ2v) is 6.11. The summed E-state index contributed by atoms with van der Waals surface area (Å²) in [6.45, 7) is 8.34. The van der Waals surface area contributed by atoms with E-state index >= 15 is 0 Å². The van der Waals surface area contributed by atoms with Crippen molar-refractivity contribution in [3.05, 3.63) is 41.1 Å². The Bertz CT molecular complexity index is 634. The van der Waals surface area contributed by atoms with Crippen LogP contribution in [0.4, 0.5) is 5.69 Å². The first-order valence-electron chi connectivity index (χ1n) is 8.20. The molecule has 6 heteroatoms. The summed E-state index contributed by atoms with van der Waals surface area (Å²) in [5.74, 6) is -0.221. The average molecular weight is 327 g/mol. The molecule has 1 heterocycles. The number of anilines is 1. The molecule has 0 bridgehead atoms. The predicted molar refractivity (Wildman–Crippen MR) is 95.3 cm³/mol. The Balaban J connectivity index is 2.00. The summed E-state index contributed by atoms with van der Waals surface area (Å²) in [4.78, 5) is 16.5. The van der Waals surface area contributed by atoms with E-state index in [-0.39, 0.29) is 11.5 Å². The van der Waals surface area contributed by atoms with Crippen molar-refractivity contribution < 1.29 is 4.79 Å². The molecular formula is C18H25N5O. The van der Waals surface area contributed by atoms with Crippen molar-refractivity contribution in [1.82, 2.24) is 9.80 Å². The molecule has 0 aromatic heterocycles. The highest BCUT2D eigenvalue weighted by Gasteiger charge is 2.23. The summed E-state index contributed by atoms with van der Waals surface area (Å²) in [5.41, 5.74) is 8.82. The highest BCUT2D eigenvalue weighted by molar-refractivity contribution is 5.97. The Hall–Kier alpha value is -2.36. The van der Waals surface area contributed by atoms with Crippen LogP contribution in [-0.4, -0.2) is 55.0 Å². The van der Waals surface area contributed by atoms with Crippen molar-refractivity contribution in [2.75, 3.05) is 44.6 Å². The number of aryl methyl sites for hydroxylation is 2. The van der Waals surface area contributed by atoms with Crippen LogP contribution in [0.1, 0.15) is 11.1 Å². The Morgan fingerprint density at radius 2 is 1.88 bits per heavy atom. The third-order valence-electron chi connectivity index (χ3n) is 4.06. The van der Waals surface area contributed by atoms with E-state index in [1.807, 2.05) is 32.0 Å². The normalized spacial score (nSPS) is 15.9. The molecule has 0 spiro atoms. The molecule has 1 amide bonds. The van der Waals surface area contributed by atoms with Crippen LogP contribution in [0.25, 0.3) is 0 Å².